The van der Waals surface area contributed by atoms with Gasteiger partial charge in [0.05, 0.1) is 11.8 Å². The zero-order chi connectivity index (χ0) is 12.3. The molecule has 1 aliphatic rings. The second-order valence-corrected chi connectivity index (χ2v) is 5.57. The fourth-order valence-electron chi connectivity index (χ4n) is 2.20. The second kappa shape index (κ2) is 4.85. The Morgan fingerprint density at radius 1 is 1.12 bits per heavy atom. The molecule has 4 heteroatoms. The van der Waals surface area contributed by atoms with Gasteiger partial charge in [-0.2, -0.15) is 0 Å². The van der Waals surface area contributed by atoms with Crippen LogP contribution in [0.3, 0.4) is 0 Å². The summed E-state index contributed by atoms with van der Waals surface area (Å²) in [6.07, 6.45) is 3.18. The third-order valence-electron chi connectivity index (χ3n) is 2.92. The maximum atomic E-state index is 12.0. The molecule has 1 fully saturated rings. The summed E-state index contributed by atoms with van der Waals surface area (Å²) in [6, 6.07) is 0. The Balaban J connectivity index is 2.68. The maximum absolute atomic E-state index is 12.0. The van der Waals surface area contributed by atoms with Gasteiger partial charge in [-0.05, 0) is 33.6 Å². The zero-order valence-corrected chi connectivity index (χ0v) is 10.2. The van der Waals surface area contributed by atoms with Crippen LogP contribution in [-0.2, 0) is 9.59 Å². The van der Waals surface area contributed by atoms with E-state index in [1.807, 2.05) is 20.8 Å². The van der Waals surface area contributed by atoms with E-state index in [1.165, 1.54) is 0 Å². The highest BCUT2D eigenvalue weighted by molar-refractivity contribution is 5.85. The van der Waals surface area contributed by atoms with E-state index in [2.05, 4.69) is 5.32 Å². The smallest absolute Gasteiger partial charge is 0.307 e. The first-order chi connectivity index (χ1) is 7.31. The van der Waals surface area contributed by atoms with Gasteiger partial charge in [-0.25, -0.2) is 0 Å². The van der Waals surface area contributed by atoms with Crippen LogP contribution in [0.25, 0.3) is 0 Å². The third kappa shape index (κ3) is 3.51. The molecule has 2 atom stereocenters. The van der Waals surface area contributed by atoms with Crippen LogP contribution < -0.4 is 5.32 Å². The third-order valence-corrected chi connectivity index (χ3v) is 2.92. The molecule has 4 nitrogen and oxygen atoms in total. The average Bonchev–Trinajstić information content (AvgIpc) is 2.15. The van der Waals surface area contributed by atoms with Crippen LogP contribution in [0.1, 0.15) is 46.5 Å². The van der Waals surface area contributed by atoms with Crippen molar-refractivity contribution in [3.8, 4) is 0 Å². The summed E-state index contributed by atoms with van der Waals surface area (Å²) in [6.45, 7) is 5.72. The van der Waals surface area contributed by atoms with Crippen LogP contribution in [0.5, 0.6) is 0 Å². The van der Waals surface area contributed by atoms with Gasteiger partial charge in [-0.3, -0.25) is 9.59 Å². The summed E-state index contributed by atoms with van der Waals surface area (Å²) in [5.41, 5.74) is -0.294. The molecular formula is C12H21NO3. The molecule has 0 aromatic carbocycles. The number of rotatable bonds is 2. The standard InChI is InChI=1S/C12H21NO3/c1-12(2,3)13-10(14)8-6-4-5-7-9(8)11(15)16/h8-9H,4-7H2,1-3H3,(H,13,14)(H,15,16)/t8-,9-/m1/s1. The van der Waals surface area contributed by atoms with Crippen molar-refractivity contribution in [2.45, 2.75) is 52.0 Å². The molecule has 2 N–H and O–H groups in total. The van der Waals surface area contributed by atoms with E-state index in [9.17, 15) is 9.59 Å². The highest BCUT2D eigenvalue weighted by Crippen LogP contribution is 2.30. The van der Waals surface area contributed by atoms with Gasteiger partial charge < -0.3 is 10.4 Å². The molecule has 1 rings (SSSR count). The van der Waals surface area contributed by atoms with E-state index in [1.54, 1.807) is 0 Å². The van der Waals surface area contributed by atoms with E-state index < -0.39 is 11.9 Å². The van der Waals surface area contributed by atoms with Crippen LogP contribution >= 0.6 is 0 Å². The molecule has 0 aromatic rings. The van der Waals surface area contributed by atoms with Gasteiger partial charge in [-0.15, -0.1) is 0 Å². The molecule has 1 amide bonds. The topological polar surface area (TPSA) is 66.4 Å². The summed E-state index contributed by atoms with van der Waals surface area (Å²) >= 11 is 0. The van der Waals surface area contributed by atoms with Crippen LogP contribution in [0, 0.1) is 11.8 Å². The van der Waals surface area contributed by atoms with Crippen LogP contribution in [-0.4, -0.2) is 22.5 Å². The molecule has 16 heavy (non-hydrogen) atoms. The largest absolute Gasteiger partial charge is 0.481 e. The minimum Gasteiger partial charge on any atom is -0.481 e. The van der Waals surface area contributed by atoms with E-state index in [4.69, 9.17) is 5.11 Å². The zero-order valence-electron chi connectivity index (χ0n) is 10.2. The minimum atomic E-state index is -0.839. The fourth-order valence-corrected chi connectivity index (χ4v) is 2.20. The number of carboxylic acids is 1. The lowest BCUT2D eigenvalue weighted by Gasteiger charge is -2.30. The molecule has 1 aliphatic carbocycles. The Morgan fingerprint density at radius 3 is 2.06 bits per heavy atom. The van der Waals surface area contributed by atoms with Gasteiger partial charge in [0.1, 0.15) is 0 Å². The van der Waals surface area contributed by atoms with Gasteiger partial charge in [0.2, 0.25) is 5.91 Å². The molecule has 0 unspecified atom stereocenters. The predicted octanol–water partition coefficient (Wildman–Crippen LogP) is 1.79. The normalized spacial score (nSPS) is 26.2. The quantitative estimate of drug-likeness (QED) is 0.755. The summed E-state index contributed by atoms with van der Waals surface area (Å²) in [5.74, 6) is -1.81. The number of hydrogen-bond acceptors (Lipinski definition) is 2. The Labute approximate surface area is 96.4 Å². The molecule has 0 radical (unpaired) electrons. The van der Waals surface area contributed by atoms with Gasteiger partial charge in [0.25, 0.3) is 0 Å². The number of carbonyl (C=O) groups excluding carboxylic acids is 1. The molecule has 0 heterocycles. The molecule has 1 saturated carbocycles. The van der Waals surface area contributed by atoms with Crippen molar-refractivity contribution >= 4 is 11.9 Å². The van der Waals surface area contributed by atoms with Crippen molar-refractivity contribution in [3.05, 3.63) is 0 Å². The maximum Gasteiger partial charge on any atom is 0.307 e. The van der Waals surface area contributed by atoms with E-state index >= 15 is 0 Å². The number of nitrogens with one attached hydrogen (secondary N) is 1. The minimum absolute atomic E-state index is 0.111. The lowest BCUT2D eigenvalue weighted by Crippen LogP contribution is -2.47. The van der Waals surface area contributed by atoms with Gasteiger partial charge >= 0.3 is 5.97 Å². The summed E-state index contributed by atoms with van der Waals surface area (Å²) in [7, 11) is 0. The van der Waals surface area contributed by atoms with Crippen molar-refractivity contribution in [3.63, 3.8) is 0 Å². The van der Waals surface area contributed by atoms with E-state index in [0.717, 1.165) is 12.8 Å². The number of aliphatic carboxylic acids is 1. The Bertz CT molecular complexity index is 280. The highest BCUT2D eigenvalue weighted by Gasteiger charge is 2.36. The van der Waals surface area contributed by atoms with Gasteiger partial charge in [0, 0.05) is 5.54 Å². The molecule has 0 bridgehead atoms. The Kier molecular flexibility index (Phi) is 3.94. The lowest BCUT2D eigenvalue weighted by molar-refractivity contribution is -0.149. The van der Waals surface area contributed by atoms with Gasteiger partial charge in [-0.1, -0.05) is 12.8 Å². The SMILES string of the molecule is CC(C)(C)NC(=O)[C@@H]1CCCC[C@H]1C(=O)O. The first kappa shape index (κ1) is 13.0. The van der Waals surface area contributed by atoms with Crippen molar-refractivity contribution in [2.75, 3.05) is 0 Å². The van der Waals surface area contributed by atoms with Crippen LogP contribution in [0.15, 0.2) is 0 Å². The Hall–Kier alpha value is -1.06. The number of hydrogen-bond donors (Lipinski definition) is 2. The molecule has 0 aliphatic heterocycles. The van der Waals surface area contributed by atoms with Crippen molar-refractivity contribution < 1.29 is 14.7 Å². The molecule has 0 saturated heterocycles. The first-order valence-corrected chi connectivity index (χ1v) is 5.86. The molecule has 0 spiro atoms. The summed E-state index contributed by atoms with van der Waals surface area (Å²) in [4.78, 5) is 23.0. The lowest BCUT2D eigenvalue weighted by atomic mass is 9.78. The van der Waals surface area contributed by atoms with E-state index in [-0.39, 0.29) is 17.4 Å². The fraction of sp³-hybridized carbons (Fsp3) is 0.833. The summed E-state index contributed by atoms with van der Waals surface area (Å²) in [5, 5.41) is 11.9. The molecular weight excluding hydrogens is 206 g/mol. The van der Waals surface area contributed by atoms with E-state index in [0.29, 0.717) is 12.8 Å². The monoisotopic (exact) mass is 227 g/mol. The number of carbonyl (C=O) groups is 2. The molecule has 0 aromatic heterocycles. The van der Waals surface area contributed by atoms with Crippen LogP contribution in [0.2, 0.25) is 0 Å². The summed E-state index contributed by atoms with van der Waals surface area (Å²) < 4.78 is 0. The second-order valence-electron chi connectivity index (χ2n) is 5.57. The van der Waals surface area contributed by atoms with Crippen LogP contribution in [0.4, 0.5) is 0 Å². The predicted molar refractivity (Wildman–Crippen MR) is 61.0 cm³/mol. The average molecular weight is 227 g/mol. The van der Waals surface area contributed by atoms with Crippen molar-refractivity contribution in [1.29, 1.82) is 0 Å². The first-order valence-electron chi connectivity index (χ1n) is 5.86. The highest BCUT2D eigenvalue weighted by atomic mass is 16.4. The van der Waals surface area contributed by atoms with Crippen molar-refractivity contribution in [2.24, 2.45) is 11.8 Å². The van der Waals surface area contributed by atoms with Gasteiger partial charge in [0.15, 0.2) is 0 Å². The number of carboxylic acid groups (broad SMARTS) is 1. The Morgan fingerprint density at radius 2 is 1.62 bits per heavy atom. The molecule has 92 valence electrons. The number of amides is 1. The van der Waals surface area contributed by atoms with Crippen molar-refractivity contribution in [1.82, 2.24) is 5.32 Å².